The molecule has 2 N–H and O–H groups in total. The number of hydrogen-bond acceptors (Lipinski definition) is 3. The van der Waals surface area contributed by atoms with Crippen molar-refractivity contribution in [3.63, 3.8) is 0 Å². The van der Waals surface area contributed by atoms with Crippen molar-refractivity contribution in [2.45, 2.75) is 27.2 Å². The average molecular weight is 230 g/mol. The van der Waals surface area contributed by atoms with Crippen molar-refractivity contribution in [1.29, 1.82) is 0 Å². The minimum absolute atomic E-state index is 0.726. The van der Waals surface area contributed by atoms with E-state index in [0.29, 0.717) is 0 Å². The van der Waals surface area contributed by atoms with Crippen molar-refractivity contribution in [1.82, 2.24) is 4.98 Å². The highest BCUT2D eigenvalue weighted by atomic mass is 16.5. The Bertz CT molecular complexity index is 549. The highest BCUT2D eigenvalue weighted by molar-refractivity contribution is 5.93. The third-order valence-electron chi connectivity index (χ3n) is 2.97. The number of anilines is 1. The number of hydrogen-bond donors (Lipinski definition) is 1. The summed E-state index contributed by atoms with van der Waals surface area (Å²) in [5.74, 6) is 0.858. The van der Waals surface area contributed by atoms with Crippen LogP contribution in [0.1, 0.15) is 24.6 Å². The highest BCUT2D eigenvalue weighted by Crippen LogP contribution is 2.28. The first-order chi connectivity index (χ1) is 8.13. The van der Waals surface area contributed by atoms with E-state index >= 15 is 0 Å². The molecule has 0 bridgehead atoms. The Kier molecular flexibility index (Phi) is 3.18. The third kappa shape index (κ3) is 2.18. The van der Waals surface area contributed by atoms with Gasteiger partial charge in [-0.25, -0.2) is 0 Å². The van der Waals surface area contributed by atoms with Gasteiger partial charge in [0, 0.05) is 16.8 Å². The summed E-state index contributed by atoms with van der Waals surface area (Å²) in [6.45, 7) is 6.79. The maximum atomic E-state index is 6.12. The summed E-state index contributed by atoms with van der Waals surface area (Å²) in [4.78, 5) is 4.52. The smallest absolute Gasteiger partial charge is 0.120 e. The molecule has 0 saturated carbocycles. The lowest BCUT2D eigenvalue weighted by Gasteiger charge is -2.10. The van der Waals surface area contributed by atoms with Gasteiger partial charge in [0.15, 0.2) is 0 Å². The van der Waals surface area contributed by atoms with E-state index in [0.717, 1.165) is 46.6 Å². The molecule has 1 aromatic carbocycles. The lowest BCUT2D eigenvalue weighted by molar-refractivity contribution is 0.318. The van der Waals surface area contributed by atoms with Crippen LogP contribution in [0, 0.1) is 13.8 Å². The van der Waals surface area contributed by atoms with Crippen LogP contribution in [-0.2, 0) is 0 Å². The molecule has 2 aromatic rings. The number of ether oxygens (including phenoxy) is 1. The van der Waals surface area contributed by atoms with Gasteiger partial charge in [-0.05, 0) is 44.0 Å². The van der Waals surface area contributed by atoms with Crippen LogP contribution >= 0.6 is 0 Å². The van der Waals surface area contributed by atoms with Crippen molar-refractivity contribution in [2.75, 3.05) is 12.3 Å². The first-order valence-electron chi connectivity index (χ1n) is 5.92. The number of benzene rings is 1. The Morgan fingerprint density at radius 3 is 2.76 bits per heavy atom. The summed E-state index contributed by atoms with van der Waals surface area (Å²) in [5.41, 5.74) is 9.88. The third-order valence-corrected chi connectivity index (χ3v) is 2.97. The van der Waals surface area contributed by atoms with Gasteiger partial charge < -0.3 is 10.5 Å². The maximum Gasteiger partial charge on any atom is 0.120 e. The Balaban J connectivity index is 2.53. The second kappa shape index (κ2) is 4.62. The predicted molar refractivity (Wildman–Crippen MR) is 71.4 cm³/mol. The van der Waals surface area contributed by atoms with E-state index < -0.39 is 0 Å². The van der Waals surface area contributed by atoms with Crippen molar-refractivity contribution in [3.8, 4) is 5.75 Å². The first-order valence-corrected chi connectivity index (χ1v) is 5.92. The fourth-order valence-electron chi connectivity index (χ4n) is 1.80. The van der Waals surface area contributed by atoms with Gasteiger partial charge >= 0.3 is 0 Å². The van der Waals surface area contributed by atoms with Gasteiger partial charge in [0.05, 0.1) is 12.1 Å². The number of aromatic nitrogens is 1. The molecule has 17 heavy (non-hydrogen) atoms. The predicted octanol–water partition coefficient (Wildman–Crippen LogP) is 3.22. The van der Waals surface area contributed by atoms with Gasteiger partial charge in [-0.1, -0.05) is 6.92 Å². The molecule has 0 aliphatic carbocycles. The van der Waals surface area contributed by atoms with Crippen LogP contribution in [0.2, 0.25) is 0 Å². The van der Waals surface area contributed by atoms with E-state index in [-0.39, 0.29) is 0 Å². The van der Waals surface area contributed by atoms with E-state index in [1.54, 1.807) is 0 Å². The van der Waals surface area contributed by atoms with E-state index in [4.69, 9.17) is 10.5 Å². The molecule has 3 heteroatoms. The van der Waals surface area contributed by atoms with Crippen LogP contribution in [0.15, 0.2) is 18.2 Å². The molecular weight excluding hydrogens is 212 g/mol. The lowest BCUT2D eigenvalue weighted by atomic mass is 10.1. The maximum absolute atomic E-state index is 6.12. The zero-order valence-corrected chi connectivity index (χ0v) is 10.6. The van der Waals surface area contributed by atoms with Crippen molar-refractivity contribution >= 4 is 16.6 Å². The summed E-state index contributed by atoms with van der Waals surface area (Å²) in [7, 11) is 0. The molecule has 2 rings (SSSR count). The van der Waals surface area contributed by atoms with Crippen molar-refractivity contribution < 1.29 is 4.74 Å². The Hall–Kier alpha value is -1.77. The highest BCUT2D eigenvalue weighted by Gasteiger charge is 2.07. The fourth-order valence-corrected chi connectivity index (χ4v) is 1.80. The van der Waals surface area contributed by atoms with Gasteiger partial charge in [0.2, 0.25) is 0 Å². The number of aryl methyl sites for hydroxylation is 1. The topological polar surface area (TPSA) is 48.1 Å². The fraction of sp³-hybridized carbons (Fsp3) is 0.357. The summed E-state index contributed by atoms with van der Waals surface area (Å²) in [5, 5.41) is 0.974. The Labute approximate surface area is 102 Å². The summed E-state index contributed by atoms with van der Waals surface area (Å²) in [6, 6.07) is 5.88. The molecule has 0 spiro atoms. The summed E-state index contributed by atoms with van der Waals surface area (Å²) >= 11 is 0. The summed E-state index contributed by atoms with van der Waals surface area (Å²) in [6.07, 6.45) is 0.999. The van der Waals surface area contributed by atoms with Crippen LogP contribution in [0.25, 0.3) is 10.9 Å². The van der Waals surface area contributed by atoms with Gasteiger partial charge in [0.25, 0.3) is 0 Å². The molecular formula is C14H18N2O. The van der Waals surface area contributed by atoms with Crippen molar-refractivity contribution in [2.24, 2.45) is 0 Å². The van der Waals surface area contributed by atoms with Crippen LogP contribution in [-0.4, -0.2) is 11.6 Å². The minimum atomic E-state index is 0.726. The first kappa shape index (κ1) is 11.7. The Morgan fingerprint density at radius 1 is 1.29 bits per heavy atom. The molecule has 0 aliphatic heterocycles. The van der Waals surface area contributed by atoms with E-state index in [2.05, 4.69) is 11.9 Å². The molecule has 0 fully saturated rings. The number of nitrogen functional groups attached to an aromatic ring is 1. The van der Waals surface area contributed by atoms with E-state index in [9.17, 15) is 0 Å². The molecule has 1 heterocycles. The molecule has 0 amide bonds. The van der Waals surface area contributed by atoms with E-state index in [1.807, 2.05) is 32.0 Å². The molecule has 90 valence electrons. The number of fused-ring (bicyclic) bond motifs is 1. The van der Waals surface area contributed by atoms with Gasteiger partial charge in [-0.15, -0.1) is 0 Å². The SMILES string of the molecule is CCCOc1ccc2nc(C)c(C)c(N)c2c1. The summed E-state index contributed by atoms with van der Waals surface area (Å²) < 4.78 is 5.61. The zero-order chi connectivity index (χ0) is 12.4. The van der Waals surface area contributed by atoms with Gasteiger partial charge in [-0.2, -0.15) is 0 Å². The standard InChI is InChI=1S/C14H18N2O/c1-4-7-17-11-5-6-13-12(8-11)14(15)9(2)10(3)16-13/h5-6,8H,4,7H2,1-3H3,(H2,15,16). The van der Waals surface area contributed by atoms with E-state index in [1.165, 1.54) is 0 Å². The second-order valence-corrected chi connectivity index (χ2v) is 4.26. The van der Waals surface area contributed by atoms with Crippen LogP contribution in [0.4, 0.5) is 5.69 Å². The second-order valence-electron chi connectivity index (χ2n) is 4.26. The molecule has 0 atom stereocenters. The van der Waals surface area contributed by atoms with Crippen LogP contribution < -0.4 is 10.5 Å². The molecule has 0 radical (unpaired) electrons. The zero-order valence-electron chi connectivity index (χ0n) is 10.6. The average Bonchev–Trinajstić information content (AvgIpc) is 2.34. The lowest BCUT2D eigenvalue weighted by Crippen LogP contribution is -1.99. The van der Waals surface area contributed by atoms with Crippen molar-refractivity contribution in [3.05, 3.63) is 29.5 Å². The van der Waals surface area contributed by atoms with Crippen LogP contribution in [0.3, 0.4) is 0 Å². The molecule has 0 saturated heterocycles. The number of pyridine rings is 1. The minimum Gasteiger partial charge on any atom is -0.494 e. The van der Waals surface area contributed by atoms with Gasteiger partial charge in [0.1, 0.15) is 5.75 Å². The van der Waals surface area contributed by atoms with Crippen LogP contribution in [0.5, 0.6) is 5.75 Å². The molecule has 1 aromatic heterocycles. The number of rotatable bonds is 3. The molecule has 0 aliphatic rings. The molecule has 3 nitrogen and oxygen atoms in total. The number of nitrogens with zero attached hydrogens (tertiary/aromatic N) is 1. The normalized spacial score (nSPS) is 10.8. The quantitative estimate of drug-likeness (QED) is 0.880. The van der Waals surface area contributed by atoms with Gasteiger partial charge in [-0.3, -0.25) is 4.98 Å². The number of nitrogens with two attached hydrogens (primary N) is 1. The Morgan fingerprint density at radius 2 is 2.06 bits per heavy atom. The largest absolute Gasteiger partial charge is 0.494 e. The monoisotopic (exact) mass is 230 g/mol. The molecule has 0 unspecified atom stereocenters.